The van der Waals surface area contributed by atoms with Crippen molar-refractivity contribution in [2.45, 2.75) is 25.0 Å². The van der Waals surface area contributed by atoms with Gasteiger partial charge in [-0.3, -0.25) is 0 Å². The van der Waals surface area contributed by atoms with Gasteiger partial charge in [-0.25, -0.2) is 4.98 Å². The Balaban J connectivity index is 1.10. The first-order chi connectivity index (χ1) is 14.3. The van der Waals surface area contributed by atoms with Crippen LogP contribution >= 0.6 is 0 Å². The van der Waals surface area contributed by atoms with Crippen LogP contribution < -0.4 is 19.7 Å². The standard InChI is InChI=1S/C23H26N4O2/c1-2-4-23-22(3-1)28-16-21(29-23)15-25-18-9-12-26(13-10-18)19-5-7-20(8-6-19)27-14-11-24-17-27/h1-8,11,14,17-18,21,25H,9-10,12-13,15-16H2/t21-/m1/s1. The van der Waals surface area contributed by atoms with E-state index in [1.807, 2.05) is 41.4 Å². The lowest BCUT2D eigenvalue weighted by Gasteiger charge is -2.35. The molecule has 150 valence electrons. The van der Waals surface area contributed by atoms with Crippen LogP contribution in [0.15, 0.2) is 67.3 Å². The fourth-order valence-corrected chi connectivity index (χ4v) is 4.05. The van der Waals surface area contributed by atoms with Crippen LogP contribution in [-0.2, 0) is 0 Å². The van der Waals surface area contributed by atoms with Gasteiger partial charge in [0.25, 0.3) is 0 Å². The molecule has 1 saturated heterocycles. The predicted molar refractivity (Wildman–Crippen MR) is 113 cm³/mol. The van der Waals surface area contributed by atoms with E-state index >= 15 is 0 Å². The van der Waals surface area contributed by atoms with Crippen molar-refractivity contribution in [2.24, 2.45) is 0 Å². The summed E-state index contributed by atoms with van der Waals surface area (Å²) in [6.45, 7) is 3.55. The van der Waals surface area contributed by atoms with Crippen LogP contribution in [0.1, 0.15) is 12.8 Å². The maximum atomic E-state index is 6.05. The van der Waals surface area contributed by atoms with E-state index in [9.17, 15) is 0 Å². The molecule has 3 aromatic rings. The maximum Gasteiger partial charge on any atom is 0.161 e. The molecular formula is C23H26N4O2. The van der Waals surface area contributed by atoms with Gasteiger partial charge in [0.15, 0.2) is 11.5 Å². The fourth-order valence-electron chi connectivity index (χ4n) is 4.05. The highest BCUT2D eigenvalue weighted by molar-refractivity contribution is 5.51. The number of hydrogen-bond donors (Lipinski definition) is 1. The molecule has 0 aliphatic carbocycles. The van der Waals surface area contributed by atoms with E-state index in [2.05, 4.69) is 39.5 Å². The van der Waals surface area contributed by atoms with Crippen molar-refractivity contribution < 1.29 is 9.47 Å². The Labute approximate surface area is 171 Å². The van der Waals surface area contributed by atoms with Crippen molar-refractivity contribution in [1.29, 1.82) is 0 Å². The smallest absolute Gasteiger partial charge is 0.161 e. The van der Waals surface area contributed by atoms with Crippen LogP contribution in [0.25, 0.3) is 5.69 Å². The average Bonchev–Trinajstić information content (AvgIpc) is 3.33. The van der Waals surface area contributed by atoms with E-state index in [4.69, 9.17) is 9.47 Å². The molecule has 1 fully saturated rings. The number of fused-ring (bicyclic) bond motifs is 1. The van der Waals surface area contributed by atoms with Crippen LogP contribution in [0.4, 0.5) is 5.69 Å². The third kappa shape index (κ3) is 4.07. The number of nitrogens with one attached hydrogen (secondary N) is 1. The summed E-state index contributed by atoms with van der Waals surface area (Å²) in [6, 6.07) is 17.1. The molecule has 29 heavy (non-hydrogen) atoms. The average molecular weight is 390 g/mol. The molecule has 6 heteroatoms. The predicted octanol–water partition coefficient (Wildman–Crippen LogP) is 3.27. The molecule has 5 rings (SSSR count). The highest BCUT2D eigenvalue weighted by Crippen LogP contribution is 2.30. The van der Waals surface area contributed by atoms with Crippen molar-refractivity contribution in [3.63, 3.8) is 0 Å². The van der Waals surface area contributed by atoms with Gasteiger partial charge in [0.2, 0.25) is 0 Å². The van der Waals surface area contributed by atoms with E-state index in [0.29, 0.717) is 12.6 Å². The number of imidazole rings is 1. The second-order valence-electron chi connectivity index (χ2n) is 7.65. The number of aromatic nitrogens is 2. The lowest BCUT2D eigenvalue weighted by Crippen LogP contribution is -2.47. The summed E-state index contributed by atoms with van der Waals surface area (Å²) >= 11 is 0. The van der Waals surface area contributed by atoms with E-state index in [1.165, 1.54) is 5.69 Å². The monoisotopic (exact) mass is 390 g/mol. The summed E-state index contributed by atoms with van der Waals surface area (Å²) in [4.78, 5) is 6.57. The second kappa shape index (κ2) is 8.17. The number of piperidine rings is 1. The molecule has 1 N–H and O–H groups in total. The minimum Gasteiger partial charge on any atom is -0.486 e. The molecule has 0 amide bonds. The maximum absolute atomic E-state index is 6.05. The highest BCUT2D eigenvalue weighted by Gasteiger charge is 2.24. The molecule has 0 spiro atoms. The molecule has 2 aliphatic rings. The summed E-state index contributed by atoms with van der Waals surface area (Å²) < 4.78 is 13.9. The van der Waals surface area contributed by atoms with Gasteiger partial charge < -0.3 is 24.3 Å². The van der Waals surface area contributed by atoms with Crippen LogP contribution in [0.5, 0.6) is 11.5 Å². The quantitative estimate of drug-likeness (QED) is 0.725. The summed E-state index contributed by atoms with van der Waals surface area (Å²) in [5.41, 5.74) is 2.42. The normalized spacial score (nSPS) is 19.3. The van der Waals surface area contributed by atoms with Gasteiger partial charge in [-0.05, 0) is 49.2 Å². The molecule has 2 aromatic carbocycles. The fraction of sp³-hybridized carbons (Fsp3) is 0.348. The van der Waals surface area contributed by atoms with Crippen molar-refractivity contribution in [1.82, 2.24) is 14.9 Å². The minimum absolute atomic E-state index is 0.0682. The van der Waals surface area contributed by atoms with Gasteiger partial charge in [-0.2, -0.15) is 0 Å². The number of hydrogen-bond acceptors (Lipinski definition) is 5. The molecule has 1 atom stereocenters. The zero-order valence-electron chi connectivity index (χ0n) is 16.4. The Morgan fingerprint density at radius 3 is 2.48 bits per heavy atom. The number of para-hydroxylation sites is 2. The zero-order valence-corrected chi connectivity index (χ0v) is 16.4. The summed E-state index contributed by atoms with van der Waals surface area (Å²) in [7, 11) is 0. The highest BCUT2D eigenvalue weighted by atomic mass is 16.6. The van der Waals surface area contributed by atoms with Gasteiger partial charge in [-0.15, -0.1) is 0 Å². The number of ether oxygens (including phenoxy) is 2. The van der Waals surface area contributed by atoms with Crippen LogP contribution in [0, 0.1) is 0 Å². The van der Waals surface area contributed by atoms with E-state index in [1.54, 1.807) is 6.20 Å². The summed E-state index contributed by atoms with van der Waals surface area (Å²) in [5.74, 6) is 1.69. The zero-order chi connectivity index (χ0) is 19.5. The van der Waals surface area contributed by atoms with Gasteiger partial charge in [0.05, 0.1) is 6.33 Å². The third-order valence-corrected chi connectivity index (χ3v) is 5.71. The molecule has 2 aliphatic heterocycles. The Kier molecular flexibility index (Phi) is 5.09. The lowest BCUT2D eigenvalue weighted by atomic mass is 10.0. The van der Waals surface area contributed by atoms with Gasteiger partial charge in [0.1, 0.15) is 12.7 Å². The second-order valence-corrected chi connectivity index (χ2v) is 7.65. The van der Waals surface area contributed by atoms with E-state index in [0.717, 1.165) is 49.7 Å². The first-order valence-electron chi connectivity index (χ1n) is 10.3. The number of nitrogens with zero attached hydrogens (tertiary/aromatic N) is 3. The molecule has 0 bridgehead atoms. The van der Waals surface area contributed by atoms with E-state index < -0.39 is 0 Å². The Morgan fingerprint density at radius 1 is 0.966 bits per heavy atom. The van der Waals surface area contributed by atoms with Gasteiger partial charge >= 0.3 is 0 Å². The Hall–Kier alpha value is -2.99. The van der Waals surface area contributed by atoms with Crippen LogP contribution in [-0.4, -0.2) is 47.9 Å². The molecule has 0 saturated carbocycles. The Morgan fingerprint density at radius 2 is 1.72 bits per heavy atom. The first kappa shape index (κ1) is 18.1. The summed E-state index contributed by atoms with van der Waals surface area (Å²) in [5, 5.41) is 3.68. The van der Waals surface area contributed by atoms with Crippen molar-refractivity contribution >= 4 is 5.69 Å². The lowest BCUT2D eigenvalue weighted by molar-refractivity contribution is 0.0873. The molecule has 6 nitrogen and oxygen atoms in total. The molecular weight excluding hydrogens is 364 g/mol. The molecule has 0 radical (unpaired) electrons. The van der Waals surface area contributed by atoms with Gasteiger partial charge in [-0.1, -0.05) is 12.1 Å². The largest absolute Gasteiger partial charge is 0.486 e. The van der Waals surface area contributed by atoms with Crippen molar-refractivity contribution in [2.75, 3.05) is 31.1 Å². The molecule has 3 heterocycles. The van der Waals surface area contributed by atoms with E-state index in [-0.39, 0.29) is 6.10 Å². The minimum atomic E-state index is 0.0682. The number of benzene rings is 2. The van der Waals surface area contributed by atoms with Gasteiger partial charge in [0, 0.05) is 49.4 Å². The van der Waals surface area contributed by atoms with Crippen molar-refractivity contribution in [3.8, 4) is 17.2 Å². The van der Waals surface area contributed by atoms with Crippen LogP contribution in [0.2, 0.25) is 0 Å². The molecule has 1 aromatic heterocycles. The van der Waals surface area contributed by atoms with Crippen molar-refractivity contribution in [3.05, 3.63) is 67.3 Å². The Bertz CT molecular complexity index is 918. The number of anilines is 1. The SMILES string of the molecule is c1ccc2c(c1)OC[C@@H](CNC1CCN(c3ccc(-n4ccnc4)cc3)CC1)O2. The topological polar surface area (TPSA) is 51.5 Å². The number of rotatable bonds is 5. The first-order valence-corrected chi connectivity index (χ1v) is 10.3. The van der Waals surface area contributed by atoms with Crippen LogP contribution in [0.3, 0.4) is 0 Å². The summed E-state index contributed by atoms with van der Waals surface area (Å²) in [6.07, 6.45) is 7.92. The molecule has 0 unspecified atom stereocenters. The third-order valence-electron chi connectivity index (χ3n) is 5.71.